The Balaban J connectivity index is 2.88. The number of alkyl halides is 1. The molecule has 0 fully saturated rings. The van der Waals surface area contributed by atoms with Crippen LogP contribution in [0.15, 0.2) is 22.7 Å². The van der Waals surface area contributed by atoms with Crippen molar-refractivity contribution in [3.8, 4) is 5.75 Å². The van der Waals surface area contributed by atoms with E-state index in [2.05, 4.69) is 50.9 Å². The van der Waals surface area contributed by atoms with Crippen LogP contribution >= 0.6 is 31.9 Å². The van der Waals surface area contributed by atoms with Crippen LogP contribution in [0.4, 0.5) is 0 Å². The van der Waals surface area contributed by atoms with Crippen molar-refractivity contribution in [3.05, 3.63) is 28.2 Å². The molecular weight excluding hydrogens is 308 g/mol. The van der Waals surface area contributed by atoms with Crippen LogP contribution in [0.2, 0.25) is 0 Å². The molecule has 0 spiro atoms. The Bertz CT molecular complexity index is 299. The summed E-state index contributed by atoms with van der Waals surface area (Å²) < 4.78 is 6.47. The van der Waals surface area contributed by atoms with Crippen molar-refractivity contribution in [1.82, 2.24) is 0 Å². The van der Waals surface area contributed by atoms with Gasteiger partial charge >= 0.3 is 0 Å². The minimum atomic E-state index is 0.425. The summed E-state index contributed by atoms with van der Waals surface area (Å²) in [7, 11) is 0. The molecule has 0 amide bonds. The Labute approximate surface area is 102 Å². The smallest absolute Gasteiger partial charge is 0.133 e. The highest BCUT2D eigenvalue weighted by atomic mass is 79.9. The summed E-state index contributed by atoms with van der Waals surface area (Å²) in [6.07, 6.45) is 1.08. The fourth-order valence-electron chi connectivity index (χ4n) is 1.22. The first-order chi connectivity index (χ1) is 6.69. The van der Waals surface area contributed by atoms with Gasteiger partial charge < -0.3 is 4.74 Å². The summed E-state index contributed by atoms with van der Waals surface area (Å²) in [4.78, 5) is 0.425. The zero-order chi connectivity index (χ0) is 10.6. The number of hydrogen-bond donors (Lipinski definition) is 0. The SMILES string of the molecule is CCOc1ccc(C(Br)CC)cc1Br. The first kappa shape index (κ1) is 12.1. The molecule has 0 saturated carbocycles. The molecular formula is C11H14Br2O. The van der Waals surface area contributed by atoms with Gasteiger partial charge in [0.05, 0.1) is 11.1 Å². The summed E-state index contributed by atoms with van der Waals surface area (Å²) in [5.41, 5.74) is 1.28. The molecule has 0 saturated heterocycles. The van der Waals surface area contributed by atoms with E-state index in [4.69, 9.17) is 4.74 Å². The normalized spacial score (nSPS) is 12.6. The fraction of sp³-hybridized carbons (Fsp3) is 0.455. The monoisotopic (exact) mass is 320 g/mol. The molecule has 1 atom stereocenters. The van der Waals surface area contributed by atoms with Crippen LogP contribution in [0, 0.1) is 0 Å². The van der Waals surface area contributed by atoms with Crippen LogP contribution in [0.1, 0.15) is 30.7 Å². The molecule has 3 heteroatoms. The second-order valence-corrected chi connectivity index (χ2v) is 4.96. The largest absolute Gasteiger partial charge is 0.493 e. The molecule has 0 aliphatic heterocycles. The minimum Gasteiger partial charge on any atom is -0.493 e. The third kappa shape index (κ3) is 2.99. The van der Waals surface area contributed by atoms with E-state index in [1.807, 2.05) is 13.0 Å². The van der Waals surface area contributed by atoms with Crippen LogP contribution < -0.4 is 4.74 Å². The maximum atomic E-state index is 5.44. The number of hydrogen-bond acceptors (Lipinski definition) is 1. The summed E-state index contributed by atoms with van der Waals surface area (Å²) in [5.74, 6) is 0.909. The van der Waals surface area contributed by atoms with Gasteiger partial charge in [-0.1, -0.05) is 28.9 Å². The zero-order valence-electron chi connectivity index (χ0n) is 8.39. The second-order valence-electron chi connectivity index (χ2n) is 3.00. The van der Waals surface area contributed by atoms with Gasteiger partial charge in [0.2, 0.25) is 0 Å². The van der Waals surface area contributed by atoms with Gasteiger partial charge in [-0.2, -0.15) is 0 Å². The molecule has 1 aromatic carbocycles. The third-order valence-electron chi connectivity index (χ3n) is 1.98. The third-order valence-corrected chi connectivity index (χ3v) is 3.77. The minimum absolute atomic E-state index is 0.425. The maximum Gasteiger partial charge on any atom is 0.133 e. The van der Waals surface area contributed by atoms with Crippen LogP contribution in [-0.4, -0.2) is 6.61 Å². The van der Waals surface area contributed by atoms with Gasteiger partial charge in [-0.15, -0.1) is 0 Å². The van der Waals surface area contributed by atoms with Crippen molar-refractivity contribution in [2.45, 2.75) is 25.1 Å². The van der Waals surface area contributed by atoms with E-state index in [0.717, 1.165) is 16.6 Å². The summed E-state index contributed by atoms with van der Waals surface area (Å²) in [6, 6.07) is 6.21. The number of benzene rings is 1. The average Bonchev–Trinajstić information content (AvgIpc) is 2.20. The van der Waals surface area contributed by atoms with E-state index in [1.165, 1.54) is 5.56 Å². The van der Waals surface area contributed by atoms with Crippen molar-refractivity contribution in [3.63, 3.8) is 0 Å². The molecule has 14 heavy (non-hydrogen) atoms. The Kier molecular flexibility index (Phi) is 4.96. The van der Waals surface area contributed by atoms with Crippen LogP contribution in [0.3, 0.4) is 0 Å². The fourth-order valence-corrected chi connectivity index (χ4v) is 2.02. The van der Waals surface area contributed by atoms with Crippen molar-refractivity contribution < 1.29 is 4.74 Å². The van der Waals surface area contributed by atoms with E-state index in [9.17, 15) is 0 Å². The van der Waals surface area contributed by atoms with E-state index >= 15 is 0 Å². The van der Waals surface area contributed by atoms with Crippen LogP contribution in [0.5, 0.6) is 5.75 Å². The number of ether oxygens (including phenoxy) is 1. The first-order valence-electron chi connectivity index (χ1n) is 4.75. The number of rotatable bonds is 4. The summed E-state index contributed by atoms with van der Waals surface area (Å²) >= 11 is 7.12. The average molecular weight is 322 g/mol. The van der Waals surface area contributed by atoms with Gasteiger partial charge in [-0.25, -0.2) is 0 Å². The molecule has 1 unspecified atom stereocenters. The molecule has 1 nitrogen and oxygen atoms in total. The Hall–Kier alpha value is -0.0200. The highest BCUT2D eigenvalue weighted by molar-refractivity contribution is 9.10. The lowest BCUT2D eigenvalue weighted by Gasteiger charge is -2.10. The maximum absolute atomic E-state index is 5.44. The standard InChI is InChI=1S/C11H14Br2O/c1-3-9(12)8-5-6-11(14-4-2)10(13)7-8/h5-7,9H,3-4H2,1-2H3. The molecule has 0 N–H and O–H groups in total. The van der Waals surface area contributed by atoms with Gasteiger partial charge in [0.15, 0.2) is 0 Å². The predicted molar refractivity (Wildman–Crippen MR) is 67.3 cm³/mol. The van der Waals surface area contributed by atoms with Gasteiger partial charge in [0.1, 0.15) is 5.75 Å². The van der Waals surface area contributed by atoms with Gasteiger partial charge in [0.25, 0.3) is 0 Å². The van der Waals surface area contributed by atoms with E-state index in [-0.39, 0.29) is 0 Å². The van der Waals surface area contributed by atoms with Crippen LogP contribution in [0.25, 0.3) is 0 Å². The molecule has 0 heterocycles. The van der Waals surface area contributed by atoms with E-state index in [0.29, 0.717) is 11.4 Å². The Morgan fingerprint density at radius 1 is 1.36 bits per heavy atom. The summed E-state index contributed by atoms with van der Waals surface area (Å²) in [6.45, 7) is 4.84. The predicted octanol–water partition coefficient (Wildman–Crippen LogP) is 4.69. The molecule has 0 bridgehead atoms. The molecule has 0 radical (unpaired) electrons. The molecule has 1 aromatic rings. The van der Waals surface area contributed by atoms with Crippen molar-refractivity contribution >= 4 is 31.9 Å². The van der Waals surface area contributed by atoms with Crippen LogP contribution in [-0.2, 0) is 0 Å². The second kappa shape index (κ2) is 5.76. The van der Waals surface area contributed by atoms with Crippen molar-refractivity contribution in [1.29, 1.82) is 0 Å². The quantitative estimate of drug-likeness (QED) is 0.731. The van der Waals surface area contributed by atoms with E-state index < -0.39 is 0 Å². The zero-order valence-corrected chi connectivity index (χ0v) is 11.6. The van der Waals surface area contributed by atoms with E-state index in [1.54, 1.807) is 0 Å². The van der Waals surface area contributed by atoms with Gasteiger partial charge in [-0.3, -0.25) is 0 Å². The molecule has 0 aromatic heterocycles. The van der Waals surface area contributed by atoms with Gasteiger partial charge in [0, 0.05) is 4.83 Å². The molecule has 0 aliphatic carbocycles. The lowest BCUT2D eigenvalue weighted by Crippen LogP contribution is -1.94. The Morgan fingerprint density at radius 3 is 2.57 bits per heavy atom. The Morgan fingerprint density at radius 2 is 2.07 bits per heavy atom. The lowest BCUT2D eigenvalue weighted by atomic mass is 10.1. The highest BCUT2D eigenvalue weighted by Crippen LogP contribution is 2.32. The first-order valence-corrected chi connectivity index (χ1v) is 6.46. The number of halogens is 2. The topological polar surface area (TPSA) is 9.23 Å². The van der Waals surface area contributed by atoms with Gasteiger partial charge in [-0.05, 0) is 47.0 Å². The van der Waals surface area contributed by atoms with Crippen molar-refractivity contribution in [2.75, 3.05) is 6.61 Å². The van der Waals surface area contributed by atoms with Crippen molar-refractivity contribution in [2.24, 2.45) is 0 Å². The molecule has 0 aliphatic rings. The lowest BCUT2D eigenvalue weighted by molar-refractivity contribution is 0.338. The highest BCUT2D eigenvalue weighted by Gasteiger charge is 2.07. The molecule has 78 valence electrons. The summed E-state index contributed by atoms with van der Waals surface area (Å²) in [5, 5.41) is 0. The molecule has 1 rings (SSSR count).